The summed E-state index contributed by atoms with van der Waals surface area (Å²) >= 11 is 0. The molecule has 0 saturated heterocycles. The summed E-state index contributed by atoms with van der Waals surface area (Å²) in [5.41, 5.74) is -0.864. The largest absolute Gasteiger partial charge is 0.493 e. The molecule has 1 amide bonds. The second-order valence-electron chi connectivity index (χ2n) is 4.82. The molecule has 0 saturated carbocycles. The van der Waals surface area contributed by atoms with Gasteiger partial charge in [-0.05, 0) is 12.1 Å². The molecular formula is C15H17N3O5. The van der Waals surface area contributed by atoms with E-state index in [1.54, 1.807) is 18.2 Å². The Balaban J connectivity index is 2.37. The molecule has 0 spiro atoms. The predicted octanol–water partition coefficient (Wildman–Crippen LogP) is 0.353. The highest BCUT2D eigenvalue weighted by molar-refractivity contribution is 6.03. The Morgan fingerprint density at radius 3 is 2.35 bits per heavy atom. The molecule has 8 nitrogen and oxygen atoms in total. The molecule has 0 unspecified atom stereocenters. The van der Waals surface area contributed by atoms with Crippen LogP contribution in [0, 0.1) is 0 Å². The lowest BCUT2D eigenvalue weighted by Gasteiger charge is -2.11. The number of nitrogens with zero attached hydrogens (tertiary/aromatic N) is 2. The minimum atomic E-state index is -0.661. The van der Waals surface area contributed by atoms with Crippen LogP contribution >= 0.6 is 0 Å². The maximum atomic E-state index is 12.3. The molecule has 0 aliphatic rings. The van der Waals surface area contributed by atoms with Crippen molar-refractivity contribution in [1.82, 2.24) is 9.13 Å². The summed E-state index contributed by atoms with van der Waals surface area (Å²) in [6, 6.07) is 4.82. The number of carbonyl (C=O) groups is 1. The minimum absolute atomic E-state index is 0.135. The van der Waals surface area contributed by atoms with Crippen LogP contribution in [0.2, 0.25) is 0 Å². The zero-order chi connectivity index (χ0) is 17.1. The summed E-state index contributed by atoms with van der Waals surface area (Å²) in [6.07, 6.45) is 1.21. The van der Waals surface area contributed by atoms with Crippen LogP contribution in [-0.4, -0.2) is 29.3 Å². The highest BCUT2D eigenvalue weighted by Gasteiger charge is 2.15. The molecule has 2 aromatic rings. The summed E-state index contributed by atoms with van der Waals surface area (Å²) in [6.45, 7) is 0. The Bertz CT molecular complexity index is 866. The maximum absolute atomic E-state index is 12.3. The van der Waals surface area contributed by atoms with E-state index in [4.69, 9.17) is 9.47 Å². The molecular weight excluding hydrogens is 302 g/mol. The number of ether oxygens (including phenoxy) is 2. The quantitative estimate of drug-likeness (QED) is 0.878. The van der Waals surface area contributed by atoms with Crippen LogP contribution in [0.15, 0.2) is 34.0 Å². The Kier molecular flexibility index (Phi) is 4.54. The van der Waals surface area contributed by atoms with Crippen LogP contribution in [0.5, 0.6) is 11.5 Å². The molecule has 1 heterocycles. The first-order valence-corrected chi connectivity index (χ1v) is 6.69. The minimum Gasteiger partial charge on any atom is -0.493 e. The highest BCUT2D eigenvalue weighted by Crippen LogP contribution is 2.29. The fraction of sp³-hybridized carbons (Fsp3) is 0.267. The molecule has 0 radical (unpaired) electrons. The maximum Gasteiger partial charge on any atom is 0.330 e. The topological polar surface area (TPSA) is 91.6 Å². The van der Waals surface area contributed by atoms with Gasteiger partial charge in [-0.3, -0.25) is 14.2 Å². The van der Waals surface area contributed by atoms with Crippen LogP contribution in [0.25, 0.3) is 0 Å². The van der Waals surface area contributed by atoms with Gasteiger partial charge in [0.1, 0.15) is 5.56 Å². The third-order valence-corrected chi connectivity index (χ3v) is 3.33. The number of aromatic nitrogens is 2. The number of hydrogen-bond acceptors (Lipinski definition) is 5. The predicted molar refractivity (Wildman–Crippen MR) is 84.4 cm³/mol. The number of methoxy groups -OCH3 is 2. The highest BCUT2D eigenvalue weighted by atomic mass is 16.5. The zero-order valence-electron chi connectivity index (χ0n) is 13.2. The van der Waals surface area contributed by atoms with E-state index in [0.29, 0.717) is 17.2 Å². The van der Waals surface area contributed by atoms with E-state index >= 15 is 0 Å². The zero-order valence-corrected chi connectivity index (χ0v) is 13.2. The molecule has 0 bridgehead atoms. The van der Waals surface area contributed by atoms with Crippen molar-refractivity contribution in [1.29, 1.82) is 0 Å². The first kappa shape index (κ1) is 16.3. The van der Waals surface area contributed by atoms with Crippen molar-refractivity contribution < 1.29 is 14.3 Å². The van der Waals surface area contributed by atoms with Gasteiger partial charge in [0.05, 0.1) is 14.2 Å². The van der Waals surface area contributed by atoms with Gasteiger partial charge in [0.15, 0.2) is 11.5 Å². The number of nitrogens with one attached hydrogen (secondary N) is 1. The van der Waals surface area contributed by atoms with Gasteiger partial charge in [0, 0.05) is 32.0 Å². The second-order valence-corrected chi connectivity index (χ2v) is 4.82. The lowest BCUT2D eigenvalue weighted by Crippen LogP contribution is -2.40. The van der Waals surface area contributed by atoms with Gasteiger partial charge in [0.25, 0.3) is 11.5 Å². The molecule has 1 N–H and O–H groups in total. The van der Waals surface area contributed by atoms with Crippen molar-refractivity contribution in [2.75, 3.05) is 19.5 Å². The molecule has 23 heavy (non-hydrogen) atoms. The number of anilines is 1. The molecule has 1 aromatic carbocycles. The lowest BCUT2D eigenvalue weighted by atomic mass is 10.2. The van der Waals surface area contributed by atoms with Crippen molar-refractivity contribution in [2.24, 2.45) is 14.1 Å². The van der Waals surface area contributed by atoms with E-state index in [2.05, 4.69) is 5.32 Å². The second kappa shape index (κ2) is 6.39. The van der Waals surface area contributed by atoms with Crippen LogP contribution < -0.4 is 26.0 Å². The van der Waals surface area contributed by atoms with Crippen LogP contribution in [0.1, 0.15) is 10.4 Å². The number of hydrogen-bond donors (Lipinski definition) is 1. The van der Waals surface area contributed by atoms with E-state index in [-0.39, 0.29) is 5.56 Å². The molecule has 0 atom stereocenters. The van der Waals surface area contributed by atoms with Crippen LogP contribution in [0.3, 0.4) is 0 Å². The Labute approximate surface area is 131 Å². The monoisotopic (exact) mass is 319 g/mol. The van der Waals surface area contributed by atoms with E-state index in [1.165, 1.54) is 39.1 Å². The van der Waals surface area contributed by atoms with Gasteiger partial charge in [0.2, 0.25) is 0 Å². The van der Waals surface area contributed by atoms with Crippen molar-refractivity contribution in [3.8, 4) is 11.5 Å². The number of aryl methyl sites for hydroxylation is 1. The van der Waals surface area contributed by atoms with Gasteiger partial charge >= 0.3 is 5.69 Å². The molecule has 8 heteroatoms. The van der Waals surface area contributed by atoms with Crippen molar-refractivity contribution in [3.63, 3.8) is 0 Å². The molecule has 0 aliphatic heterocycles. The molecule has 0 fully saturated rings. The summed E-state index contributed by atoms with van der Waals surface area (Å²) < 4.78 is 12.3. The summed E-state index contributed by atoms with van der Waals surface area (Å²) in [4.78, 5) is 36.0. The average Bonchev–Trinajstić information content (AvgIpc) is 2.55. The van der Waals surface area contributed by atoms with E-state index in [9.17, 15) is 14.4 Å². The fourth-order valence-corrected chi connectivity index (χ4v) is 2.08. The smallest absolute Gasteiger partial charge is 0.330 e. The third kappa shape index (κ3) is 3.10. The van der Waals surface area contributed by atoms with Gasteiger partial charge in [-0.25, -0.2) is 4.79 Å². The Morgan fingerprint density at radius 1 is 1.09 bits per heavy atom. The number of amides is 1. The van der Waals surface area contributed by atoms with Crippen LogP contribution in [0.4, 0.5) is 5.69 Å². The van der Waals surface area contributed by atoms with Crippen molar-refractivity contribution in [2.45, 2.75) is 0 Å². The molecule has 1 aromatic heterocycles. The number of benzene rings is 1. The average molecular weight is 319 g/mol. The first-order chi connectivity index (χ1) is 10.9. The van der Waals surface area contributed by atoms with Gasteiger partial charge in [-0.1, -0.05) is 0 Å². The normalized spacial score (nSPS) is 10.3. The summed E-state index contributed by atoms with van der Waals surface area (Å²) in [7, 11) is 5.77. The first-order valence-electron chi connectivity index (χ1n) is 6.69. The Morgan fingerprint density at radius 2 is 1.74 bits per heavy atom. The fourth-order valence-electron chi connectivity index (χ4n) is 2.08. The summed E-state index contributed by atoms with van der Waals surface area (Å²) in [5.74, 6) is 0.343. The van der Waals surface area contributed by atoms with Gasteiger partial charge in [-0.2, -0.15) is 0 Å². The van der Waals surface area contributed by atoms with Gasteiger partial charge in [-0.15, -0.1) is 0 Å². The Hall–Kier alpha value is -3.03. The van der Waals surface area contributed by atoms with E-state index in [0.717, 1.165) is 4.57 Å². The van der Waals surface area contributed by atoms with E-state index in [1.807, 2.05) is 0 Å². The van der Waals surface area contributed by atoms with Crippen molar-refractivity contribution in [3.05, 3.63) is 50.8 Å². The summed E-state index contributed by atoms with van der Waals surface area (Å²) in [5, 5.41) is 2.60. The number of rotatable bonds is 4. The molecule has 122 valence electrons. The standard InChI is InChI=1S/C15H17N3O5/c1-17-8-10(14(20)18(2)15(17)21)13(19)16-9-5-6-11(22-3)12(7-9)23-4/h5-8H,1-4H3,(H,16,19). The molecule has 2 rings (SSSR count). The lowest BCUT2D eigenvalue weighted by molar-refractivity contribution is 0.102. The third-order valence-electron chi connectivity index (χ3n) is 3.33. The number of carbonyl (C=O) groups excluding carboxylic acids is 1. The molecule has 0 aliphatic carbocycles. The van der Waals surface area contributed by atoms with Crippen LogP contribution in [-0.2, 0) is 14.1 Å². The SMILES string of the molecule is COc1ccc(NC(=O)c2cn(C)c(=O)n(C)c2=O)cc1OC. The van der Waals surface area contributed by atoms with Gasteiger partial charge < -0.3 is 19.4 Å². The van der Waals surface area contributed by atoms with E-state index < -0.39 is 17.2 Å². The van der Waals surface area contributed by atoms with Crippen molar-refractivity contribution >= 4 is 11.6 Å².